The molecule has 0 fully saturated rings. The Balaban J connectivity index is 3.60. The van der Waals surface area contributed by atoms with Crippen LogP contribution in [-0.4, -0.2) is 11.7 Å². The van der Waals surface area contributed by atoms with Crippen LogP contribution in [0.1, 0.15) is 46.0 Å². The average Bonchev–Trinajstić information content (AvgIpc) is 2.01. The summed E-state index contributed by atoms with van der Waals surface area (Å²) in [5.74, 6) is 0. The minimum Gasteiger partial charge on any atom is -0.396 e. The molecular weight excluding hydrogens is 136 g/mol. The average molecular weight is 156 g/mol. The Hall–Kier alpha value is -0.300. The number of aliphatic hydroxyl groups excluding tert-OH is 1. The Morgan fingerprint density at radius 2 is 2.00 bits per heavy atom. The topological polar surface area (TPSA) is 20.2 Å². The SMILES string of the molecule is CCC=C(CCO)CCCC. The van der Waals surface area contributed by atoms with Crippen molar-refractivity contribution < 1.29 is 5.11 Å². The summed E-state index contributed by atoms with van der Waals surface area (Å²) in [5, 5.41) is 8.72. The summed E-state index contributed by atoms with van der Waals surface area (Å²) in [6.07, 6.45) is 7.88. The molecule has 0 saturated carbocycles. The van der Waals surface area contributed by atoms with Crippen molar-refractivity contribution in [3.8, 4) is 0 Å². The molecule has 0 rings (SSSR count). The lowest BCUT2D eigenvalue weighted by Crippen LogP contribution is -1.89. The fraction of sp³-hybridized carbons (Fsp3) is 0.800. The van der Waals surface area contributed by atoms with Crippen molar-refractivity contribution in [1.82, 2.24) is 0 Å². The van der Waals surface area contributed by atoms with Crippen LogP contribution in [0.2, 0.25) is 0 Å². The van der Waals surface area contributed by atoms with Gasteiger partial charge in [0, 0.05) is 6.61 Å². The van der Waals surface area contributed by atoms with Crippen molar-refractivity contribution in [3.63, 3.8) is 0 Å². The van der Waals surface area contributed by atoms with E-state index in [1.165, 1.54) is 24.8 Å². The number of aliphatic hydroxyl groups is 1. The molecule has 66 valence electrons. The molecule has 0 saturated heterocycles. The van der Waals surface area contributed by atoms with Gasteiger partial charge in [-0.3, -0.25) is 0 Å². The quantitative estimate of drug-likeness (QED) is 0.586. The monoisotopic (exact) mass is 156 g/mol. The molecular formula is C10H20O. The molecule has 11 heavy (non-hydrogen) atoms. The molecule has 0 heterocycles. The number of hydrogen-bond acceptors (Lipinski definition) is 1. The van der Waals surface area contributed by atoms with Gasteiger partial charge >= 0.3 is 0 Å². The van der Waals surface area contributed by atoms with Crippen molar-refractivity contribution in [2.45, 2.75) is 46.0 Å². The Bertz CT molecular complexity index is 105. The summed E-state index contributed by atoms with van der Waals surface area (Å²) >= 11 is 0. The van der Waals surface area contributed by atoms with Crippen LogP contribution < -0.4 is 0 Å². The molecule has 0 aromatic rings. The van der Waals surface area contributed by atoms with Crippen LogP contribution in [-0.2, 0) is 0 Å². The normalized spacial score (nSPS) is 12.1. The standard InChI is InChI=1S/C10H20O/c1-3-5-7-10(6-4-2)8-9-11/h6,11H,3-5,7-9H2,1-2H3. The first-order chi connectivity index (χ1) is 5.35. The molecule has 0 spiro atoms. The number of unbranched alkanes of at least 4 members (excludes halogenated alkanes) is 1. The lowest BCUT2D eigenvalue weighted by atomic mass is 10.1. The number of hydrogen-bond donors (Lipinski definition) is 1. The van der Waals surface area contributed by atoms with Crippen molar-refractivity contribution >= 4 is 0 Å². The predicted octanol–water partition coefficient (Wildman–Crippen LogP) is 2.90. The zero-order valence-electron chi connectivity index (χ0n) is 7.77. The highest BCUT2D eigenvalue weighted by molar-refractivity contribution is 5.01. The molecule has 0 aromatic heterocycles. The van der Waals surface area contributed by atoms with Gasteiger partial charge in [0.05, 0.1) is 0 Å². The first kappa shape index (κ1) is 10.7. The van der Waals surface area contributed by atoms with Crippen LogP contribution in [0, 0.1) is 0 Å². The molecule has 0 atom stereocenters. The zero-order valence-corrected chi connectivity index (χ0v) is 7.77. The van der Waals surface area contributed by atoms with E-state index >= 15 is 0 Å². The lowest BCUT2D eigenvalue weighted by Gasteiger charge is -2.03. The van der Waals surface area contributed by atoms with Crippen LogP contribution >= 0.6 is 0 Å². The van der Waals surface area contributed by atoms with Crippen LogP contribution in [0.15, 0.2) is 11.6 Å². The maximum atomic E-state index is 8.72. The van der Waals surface area contributed by atoms with Crippen LogP contribution in [0.4, 0.5) is 0 Å². The Morgan fingerprint density at radius 1 is 1.27 bits per heavy atom. The summed E-state index contributed by atoms with van der Waals surface area (Å²) < 4.78 is 0. The van der Waals surface area contributed by atoms with Gasteiger partial charge in [0.2, 0.25) is 0 Å². The zero-order chi connectivity index (χ0) is 8.53. The van der Waals surface area contributed by atoms with E-state index in [4.69, 9.17) is 5.11 Å². The smallest absolute Gasteiger partial charge is 0.0468 e. The highest BCUT2D eigenvalue weighted by Gasteiger charge is 1.94. The van der Waals surface area contributed by atoms with Gasteiger partial charge in [-0.05, 0) is 25.7 Å². The van der Waals surface area contributed by atoms with E-state index < -0.39 is 0 Å². The summed E-state index contributed by atoms with van der Waals surface area (Å²) in [7, 11) is 0. The van der Waals surface area contributed by atoms with Gasteiger partial charge < -0.3 is 5.11 Å². The largest absolute Gasteiger partial charge is 0.396 e. The molecule has 1 N–H and O–H groups in total. The highest BCUT2D eigenvalue weighted by atomic mass is 16.2. The Kier molecular flexibility index (Phi) is 7.59. The molecule has 0 aliphatic heterocycles. The first-order valence-electron chi connectivity index (χ1n) is 4.63. The second-order valence-corrected chi connectivity index (χ2v) is 2.85. The fourth-order valence-corrected chi connectivity index (χ4v) is 1.17. The van der Waals surface area contributed by atoms with E-state index in [1.807, 2.05) is 0 Å². The molecule has 0 unspecified atom stereocenters. The molecule has 0 aliphatic carbocycles. The second kappa shape index (κ2) is 7.80. The minimum atomic E-state index is 0.301. The number of allylic oxidation sites excluding steroid dienone is 1. The van der Waals surface area contributed by atoms with Crippen molar-refractivity contribution in [1.29, 1.82) is 0 Å². The van der Waals surface area contributed by atoms with Gasteiger partial charge in [-0.2, -0.15) is 0 Å². The third-order valence-electron chi connectivity index (χ3n) is 1.78. The summed E-state index contributed by atoms with van der Waals surface area (Å²) in [4.78, 5) is 0. The van der Waals surface area contributed by atoms with Crippen LogP contribution in [0.25, 0.3) is 0 Å². The molecule has 1 heteroatoms. The fourth-order valence-electron chi connectivity index (χ4n) is 1.17. The summed E-state index contributed by atoms with van der Waals surface area (Å²) in [6, 6.07) is 0. The summed E-state index contributed by atoms with van der Waals surface area (Å²) in [5.41, 5.74) is 1.43. The van der Waals surface area contributed by atoms with Gasteiger partial charge in [0.1, 0.15) is 0 Å². The Morgan fingerprint density at radius 3 is 2.45 bits per heavy atom. The van der Waals surface area contributed by atoms with Gasteiger partial charge in [-0.1, -0.05) is 31.9 Å². The molecule has 0 bridgehead atoms. The lowest BCUT2D eigenvalue weighted by molar-refractivity contribution is 0.297. The molecule has 0 radical (unpaired) electrons. The van der Waals surface area contributed by atoms with Gasteiger partial charge in [-0.25, -0.2) is 0 Å². The van der Waals surface area contributed by atoms with E-state index in [-0.39, 0.29) is 0 Å². The molecule has 1 nitrogen and oxygen atoms in total. The first-order valence-corrected chi connectivity index (χ1v) is 4.63. The third kappa shape index (κ3) is 6.11. The number of rotatable bonds is 6. The second-order valence-electron chi connectivity index (χ2n) is 2.85. The van der Waals surface area contributed by atoms with E-state index in [0.29, 0.717) is 6.61 Å². The van der Waals surface area contributed by atoms with Crippen molar-refractivity contribution in [3.05, 3.63) is 11.6 Å². The molecule has 0 aromatic carbocycles. The van der Waals surface area contributed by atoms with Crippen LogP contribution in [0.5, 0.6) is 0 Å². The van der Waals surface area contributed by atoms with Crippen molar-refractivity contribution in [2.24, 2.45) is 0 Å². The van der Waals surface area contributed by atoms with Gasteiger partial charge in [0.25, 0.3) is 0 Å². The highest BCUT2D eigenvalue weighted by Crippen LogP contribution is 2.11. The third-order valence-corrected chi connectivity index (χ3v) is 1.78. The molecule has 0 amide bonds. The van der Waals surface area contributed by atoms with Gasteiger partial charge in [0.15, 0.2) is 0 Å². The maximum Gasteiger partial charge on any atom is 0.0468 e. The van der Waals surface area contributed by atoms with E-state index in [0.717, 1.165) is 12.8 Å². The van der Waals surface area contributed by atoms with E-state index in [1.54, 1.807) is 0 Å². The minimum absolute atomic E-state index is 0.301. The molecule has 0 aliphatic rings. The van der Waals surface area contributed by atoms with E-state index in [2.05, 4.69) is 19.9 Å². The maximum absolute atomic E-state index is 8.72. The predicted molar refractivity (Wildman–Crippen MR) is 49.6 cm³/mol. The van der Waals surface area contributed by atoms with E-state index in [9.17, 15) is 0 Å². The summed E-state index contributed by atoms with van der Waals surface area (Å²) in [6.45, 7) is 4.64. The van der Waals surface area contributed by atoms with Gasteiger partial charge in [-0.15, -0.1) is 0 Å². The van der Waals surface area contributed by atoms with Crippen molar-refractivity contribution in [2.75, 3.05) is 6.61 Å². The Labute approximate surface area is 70.1 Å². The van der Waals surface area contributed by atoms with Crippen LogP contribution in [0.3, 0.4) is 0 Å².